The number of halogens is 3. The Hall–Kier alpha value is -1.06. The molecule has 0 amide bonds. The van der Waals surface area contributed by atoms with E-state index in [1.807, 2.05) is 0 Å². The Morgan fingerprint density at radius 3 is 2.24 bits per heavy atom. The second-order valence-corrected chi connectivity index (χ2v) is 4.99. The molecule has 2 nitrogen and oxygen atoms in total. The van der Waals surface area contributed by atoms with Crippen molar-refractivity contribution in [3.05, 3.63) is 33.8 Å². The first-order chi connectivity index (χ1) is 8.09. The standard InChI is InChI=1S/C12H10BrF2NO/c13-11-9(14)5-8(6-10(11)15)12(16-7-17)3-1-2-4-12/h5-6H,1-4H2. The van der Waals surface area contributed by atoms with Gasteiger partial charge in [0.2, 0.25) is 6.08 Å². The summed E-state index contributed by atoms with van der Waals surface area (Å²) in [7, 11) is 0. The number of hydrogen-bond donors (Lipinski definition) is 0. The number of aliphatic imine (C=N–C) groups is 1. The van der Waals surface area contributed by atoms with Gasteiger partial charge in [-0.3, -0.25) is 0 Å². The van der Waals surface area contributed by atoms with E-state index in [0.29, 0.717) is 18.4 Å². The highest BCUT2D eigenvalue weighted by Gasteiger charge is 2.36. The largest absolute Gasteiger partial charge is 0.235 e. The molecule has 0 unspecified atom stereocenters. The molecular formula is C12H10BrF2NO. The van der Waals surface area contributed by atoms with Crippen molar-refractivity contribution in [3.63, 3.8) is 0 Å². The van der Waals surface area contributed by atoms with Crippen LogP contribution < -0.4 is 0 Å². The highest BCUT2D eigenvalue weighted by atomic mass is 79.9. The van der Waals surface area contributed by atoms with Gasteiger partial charge in [-0.05, 0) is 46.5 Å². The van der Waals surface area contributed by atoms with Crippen molar-refractivity contribution in [2.45, 2.75) is 31.2 Å². The van der Waals surface area contributed by atoms with E-state index in [1.165, 1.54) is 18.2 Å². The fourth-order valence-corrected chi connectivity index (χ4v) is 2.57. The van der Waals surface area contributed by atoms with Gasteiger partial charge in [0, 0.05) is 0 Å². The zero-order valence-corrected chi connectivity index (χ0v) is 10.6. The molecule has 0 atom stereocenters. The van der Waals surface area contributed by atoms with Crippen LogP contribution in [0.4, 0.5) is 8.78 Å². The molecule has 2 rings (SSSR count). The molecule has 0 heterocycles. The Bertz CT molecular complexity index is 468. The highest BCUT2D eigenvalue weighted by Crippen LogP contribution is 2.43. The Labute approximate surface area is 106 Å². The van der Waals surface area contributed by atoms with E-state index in [-0.39, 0.29) is 4.47 Å². The smallest absolute Gasteiger partial charge is 0.211 e. The Kier molecular flexibility index (Phi) is 3.40. The number of benzene rings is 1. The van der Waals surface area contributed by atoms with Crippen molar-refractivity contribution in [1.29, 1.82) is 0 Å². The second kappa shape index (κ2) is 4.67. The Morgan fingerprint density at radius 1 is 1.24 bits per heavy atom. The molecule has 0 aromatic heterocycles. The Balaban J connectivity index is 2.54. The quantitative estimate of drug-likeness (QED) is 0.464. The number of hydrogen-bond acceptors (Lipinski definition) is 2. The fraction of sp³-hybridized carbons (Fsp3) is 0.417. The van der Waals surface area contributed by atoms with Gasteiger partial charge >= 0.3 is 0 Å². The third-order valence-corrected chi connectivity index (χ3v) is 3.97. The molecule has 0 N–H and O–H groups in total. The first kappa shape index (κ1) is 12.4. The third-order valence-electron chi connectivity index (χ3n) is 3.21. The third kappa shape index (κ3) is 2.17. The lowest BCUT2D eigenvalue weighted by Gasteiger charge is -2.23. The van der Waals surface area contributed by atoms with Gasteiger partial charge in [0.05, 0.1) is 10.0 Å². The molecule has 0 saturated heterocycles. The predicted molar refractivity (Wildman–Crippen MR) is 62.3 cm³/mol. The highest BCUT2D eigenvalue weighted by molar-refractivity contribution is 9.10. The maximum Gasteiger partial charge on any atom is 0.235 e. The second-order valence-electron chi connectivity index (χ2n) is 4.20. The summed E-state index contributed by atoms with van der Waals surface area (Å²) in [4.78, 5) is 14.3. The van der Waals surface area contributed by atoms with Gasteiger partial charge in [-0.2, -0.15) is 4.99 Å². The maximum absolute atomic E-state index is 13.5. The molecule has 1 aromatic carbocycles. The molecular weight excluding hydrogens is 292 g/mol. The van der Waals surface area contributed by atoms with Crippen molar-refractivity contribution in [3.8, 4) is 0 Å². The normalized spacial score (nSPS) is 17.8. The molecule has 1 saturated carbocycles. The molecule has 0 spiro atoms. The SMILES string of the molecule is O=C=NC1(c2cc(F)c(Br)c(F)c2)CCCC1. The molecule has 5 heteroatoms. The van der Waals surface area contributed by atoms with Crippen LogP contribution >= 0.6 is 15.9 Å². The van der Waals surface area contributed by atoms with Gasteiger partial charge in [0.15, 0.2) is 0 Å². The zero-order chi connectivity index (χ0) is 12.5. The van der Waals surface area contributed by atoms with Gasteiger partial charge in [0.25, 0.3) is 0 Å². The lowest BCUT2D eigenvalue weighted by atomic mass is 9.89. The summed E-state index contributed by atoms with van der Waals surface area (Å²) in [5.41, 5.74) is -0.374. The topological polar surface area (TPSA) is 29.4 Å². The summed E-state index contributed by atoms with van der Waals surface area (Å²) in [5, 5.41) is 0. The molecule has 17 heavy (non-hydrogen) atoms. The lowest BCUT2D eigenvalue weighted by Crippen LogP contribution is -2.19. The number of rotatable bonds is 2. The van der Waals surface area contributed by atoms with E-state index < -0.39 is 17.2 Å². The average molecular weight is 302 g/mol. The molecule has 1 aromatic rings. The van der Waals surface area contributed by atoms with E-state index in [2.05, 4.69) is 20.9 Å². The van der Waals surface area contributed by atoms with Gasteiger partial charge in [-0.15, -0.1) is 0 Å². The Morgan fingerprint density at radius 2 is 1.76 bits per heavy atom. The van der Waals surface area contributed by atoms with Crippen molar-refractivity contribution in [2.75, 3.05) is 0 Å². The molecule has 0 aliphatic heterocycles. The van der Waals surface area contributed by atoms with Gasteiger partial charge in [-0.1, -0.05) is 12.8 Å². The molecule has 90 valence electrons. The first-order valence-corrected chi connectivity index (χ1v) is 6.12. The number of carbonyl (C=O) groups excluding carboxylic acids is 1. The lowest BCUT2D eigenvalue weighted by molar-refractivity contribution is 0.447. The van der Waals surface area contributed by atoms with Crippen LogP contribution in [0.5, 0.6) is 0 Å². The van der Waals surface area contributed by atoms with E-state index in [9.17, 15) is 13.6 Å². The fourth-order valence-electron chi connectivity index (χ4n) is 2.34. The monoisotopic (exact) mass is 301 g/mol. The number of isocyanates is 1. The molecule has 0 bridgehead atoms. The van der Waals surface area contributed by atoms with Crippen molar-refractivity contribution in [2.24, 2.45) is 4.99 Å². The summed E-state index contributed by atoms with van der Waals surface area (Å²) in [6, 6.07) is 2.47. The van der Waals surface area contributed by atoms with Gasteiger partial charge < -0.3 is 0 Å². The summed E-state index contributed by atoms with van der Waals surface area (Å²) < 4.78 is 26.8. The van der Waals surface area contributed by atoms with Gasteiger partial charge in [0.1, 0.15) is 11.6 Å². The molecule has 1 aliphatic rings. The minimum absolute atomic E-state index is 0.190. The van der Waals surface area contributed by atoms with Crippen molar-refractivity contribution in [1.82, 2.24) is 0 Å². The molecule has 0 radical (unpaired) electrons. The van der Waals surface area contributed by atoms with Crippen molar-refractivity contribution >= 4 is 22.0 Å². The van der Waals surface area contributed by atoms with Crippen LogP contribution in [0.25, 0.3) is 0 Å². The van der Waals surface area contributed by atoms with E-state index in [0.717, 1.165) is 12.8 Å². The summed E-state index contributed by atoms with van der Waals surface area (Å²) in [6.45, 7) is 0. The summed E-state index contributed by atoms with van der Waals surface area (Å²) in [5.74, 6) is -1.35. The zero-order valence-electron chi connectivity index (χ0n) is 8.97. The van der Waals surface area contributed by atoms with Crippen LogP contribution in [-0.2, 0) is 10.3 Å². The van der Waals surface area contributed by atoms with Crippen LogP contribution in [-0.4, -0.2) is 6.08 Å². The van der Waals surface area contributed by atoms with Crippen LogP contribution in [0.1, 0.15) is 31.2 Å². The van der Waals surface area contributed by atoms with Crippen LogP contribution in [0.15, 0.2) is 21.6 Å². The van der Waals surface area contributed by atoms with E-state index in [1.54, 1.807) is 0 Å². The molecule has 1 fully saturated rings. The first-order valence-electron chi connectivity index (χ1n) is 5.33. The minimum atomic E-state index is -0.788. The van der Waals surface area contributed by atoms with Gasteiger partial charge in [-0.25, -0.2) is 13.6 Å². The van der Waals surface area contributed by atoms with Crippen LogP contribution in [0, 0.1) is 11.6 Å². The average Bonchev–Trinajstić information content (AvgIpc) is 2.75. The number of nitrogens with zero attached hydrogens (tertiary/aromatic N) is 1. The maximum atomic E-state index is 13.5. The molecule has 1 aliphatic carbocycles. The predicted octanol–water partition coefficient (Wildman–Crippen LogP) is 3.83. The van der Waals surface area contributed by atoms with Crippen LogP contribution in [0.2, 0.25) is 0 Å². The van der Waals surface area contributed by atoms with Crippen LogP contribution in [0.3, 0.4) is 0 Å². The minimum Gasteiger partial charge on any atom is -0.211 e. The summed E-state index contributed by atoms with van der Waals surface area (Å²) >= 11 is 2.82. The van der Waals surface area contributed by atoms with Crippen molar-refractivity contribution < 1.29 is 13.6 Å². The van der Waals surface area contributed by atoms with E-state index >= 15 is 0 Å². The summed E-state index contributed by atoms with van der Waals surface area (Å²) in [6.07, 6.45) is 4.56. The van der Waals surface area contributed by atoms with E-state index in [4.69, 9.17) is 0 Å².